The Kier molecular flexibility index (Phi) is 3.85. The molecule has 2 N–H and O–H groups in total. The van der Waals surface area contributed by atoms with Crippen molar-refractivity contribution >= 4 is 11.4 Å². The van der Waals surface area contributed by atoms with Crippen molar-refractivity contribution in [3.8, 4) is 5.75 Å². The van der Waals surface area contributed by atoms with Crippen LogP contribution in [0.5, 0.6) is 5.75 Å². The molecule has 94 valence electrons. The van der Waals surface area contributed by atoms with Gasteiger partial charge in [0.2, 0.25) is 0 Å². The van der Waals surface area contributed by atoms with Crippen LogP contribution in [0.4, 0.5) is 11.4 Å². The molecule has 0 aliphatic rings. The Bertz CT molecular complexity index is 511. The summed E-state index contributed by atoms with van der Waals surface area (Å²) in [6.07, 6.45) is 0. The summed E-state index contributed by atoms with van der Waals surface area (Å²) in [4.78, 5) is 2.12. The molecule has 0 heterocycles. The van der Waals surface area contributed by atoms with Crippen LogP contribution in [0.3, 0.4) is 0 Å². The lowest BCUT2D eigenvalue weighted by atomic mass is 10.1. The first-order valence-electron chi connectivity index (χ1n) is 5.92. The quantitative estimate of drug-likeness (QED) is 0.896. The molecular formula is C15H18N2O. The van der Waals surface area contributed by atoms with Crippen molar-refractivity contribution in [1.82, 2.24) is 0 Å². The highest BCUT2D eigenvalue weighted by atomic mass is 16.5. The highest BCUT2D eigenvalue weighted by Crippen LogP contribution is 2.30. The Morgan fingerprint density at radius 3 is 2.44 bits per heavy atom. The fourth-order valence-electron chi connectivity index (χ4n) is 1.95. The maximum atomic E-state index is 5.79. The smallest absolute Gasteiger partial charge is 0.120 e. The summed E-state index contributed by atoms with van der Waals surface area (Å²) < 4.78 is 5.27. The van der Waals surface area contributed by atoms with E-state index in [0.717, 1.165) is 22.7 Å². The van der Waals surface area contributed by atoms with Crippen LogP contribution < -0.4 is 15.4 Å². The van der Waals surface area contributed by atoms with Gasteiger partial charge in [0.1, 0.15) is 5.75 Å². The molecule has 0 saturated heterocycles. The summed E-state index contributed by atoms with van der Waals surface area (Å²) in [7, 11) is 3.70. The Hall–Kier alpha value is -2.00. The van der Waals surface area contributed by atoms with Crippen LogP contribution in [0.2, 0.25) is 0 Å². The summed E-state index contributed by atoms with van der Waals surface area (Å²) >= 11 is 0. The number of benzene rings is 2. The van der Waals surface area contributed by atoms with E-state index in [1.165, 1.54) is 0 Å². The molecule has 0 amide bonds. The number of rotatable bonds is 4. The Morgan fingerprint density at radius 1 is 1.11 bits per heavy atom. The summed E-state index contributed by atoms with van der Waals surface area (Å²) in [5.74, 6) is 0.838. The van der Waals surface area contributed by atoms with Gasteiger partial charge < -0.3 is 15.4 Å². The number of nitrogens with two attached hydrogens (primary N) is 1. The zero-order valence-corrected chi connectivity index (χ0v) is 10.8. The van der Waals surface area contributed by atoms with Crippen LogP contribution in [0.15, 0.2) is 48.5 Å². The van der Waals surface area contributed by atoms with E-state index in [2.05, 4.69) is 17.0 Å². The van der Waals surface area contributed by atoms with Gasteiger partial charge in [0, 0.05) is 31.0 Å². The lowest BCUT2D eigenvalue weighted by Crippen LogP contribution is -2.13. The number of methoxy groups -OCH3 is 1. The van der Waals surface area contributed by atoms with Crippen molar-refractivity contribution in [2.75, 3.05) is 19.1 Å². The number of nitrogens with zero attached hydrogens (tertiary/aromatic N) is 1. The van der Waals surface area contributed by atoms with Gasteiger partial charge in [0.25, 0.3) is 0 Å². The minimum absolute atomic E-state index is 0.510. The molecular weight excluding hydrogens is 224 g/mol. The maximum absolute atomic E-state index is 5.79. The average Bonchev–Trinajstić information content (AvgIpc) is 2.46. The van der Waals surface area contributed by atoms with E-state index in [4.69, 9.17) is 10.5 Å². The maximum Gasteiger partial charge on any atom is 0.120 e. The lowest BCUT2D eigenvalue weighted by molar-refractivity contribution is 0.415. The second-order valence-electron chi connectivity index (χ2n) is 4.09. The molecule has 0 radical (unpaired) electrons. The first-order valence-corrected chi connectivity index (χ1v) is 5.92. The van der Waals surface area contributed by atoms with E-state index in [1.807, 2.05) is 43.4 Å². The first kappa shape index (κ1) is 12.5. The fourth-order valence-corrected chi connectivity index (χ4v) is 1.95. The highest BCUT2D eigenvalue weighted by molar-refractivity contribution is 5.67. The summed E-state index contributed by atoms with van der Waals surface area (Å²) in [6, 6.07) is 16.1. The van der Waals surface area contributed by atoms with Crippen LogP contribution in [-0.2, 0) is 6.54 Å². The molecule has 3 heteroatoms. The third-order valence-corrected chi connectivity index (χ3v) is 3.02. The Morgan fingerprint density at radius 2 is 1.83 bits per heavy atom. The standard InChI is InChI=1S/C15H18N2O/c1-17(13-6-4-3-5-7-13)15-10-14(18-2)9-8-12(15)11-16/h3-10H,11,16H2,1-2H3. The van der Waals surface area contributed by atoms with Crippen molar-refractivity contribution < 1.29 is 4.74 Å². The zero-order valence-electron chi connectivity index (χ0n) is 10.8. The van der Waals surface area contributed by atoms with Crippen LogP contribution in [0.1, 0.15) is 5.56 Å². The molecule has 0 fully saturated rings. The second-order valence-corrected chi connectivity index (χ2v) is 4.09. The van der Waals surface area contributed by atoms with E-state index in [0.29, 0.717) is 6.54 Å². The molecule has 18 heavy (non-hydrogen) atoms. The molecule has 3 nitrogen and oxygen atoms in total. The molecule has 0 aliphatic carbocycles. The predicted molar refractivity (Wildman–Crippen MR) is 75.4 cm³/mol. The van der Waals surface area contributed by atoms with Crippen LogP contribution >= 0.6 is 0 Å². The lowest BCUT2D eigenvalue weighted by Gasteiger charge is -2.23. The third-order valence-electron chi connectivity index (χ3n) is 3.02. The highest BCUT2D eigenvalue weighted by Gasteiger charge is 2.09. The topological polar surface area (TPSA) is 38.5 Å². The molecule has 2 rings (SSSR count). The average molecular weight is 242 g/mol. The summed E-state index contributed by atoms with van der Waals surface area (Å²) in [6.45, 7) is 0.510. The molecule has 0 saturated carbocycles. The summed E-state index contributed by atoms with van der Waals surface area (Å²) in [5, 5.41) is 0. The number of hydrogen-bond acceptors (Lipinski definition) is 3. The van der Waals surface area contributed by atoms with Gasteiger partial charge in [-0.1, -0.05) is 24.3 Å². The first-order chi connectivity index (χ1) is 8.76. The van der Waals surface area contributed by atoms with Crippen molar-refractivity contribution in [3.63, 3.8) is 0 Å². The molecule has 0 aromatic heterocycles. The number of ether oxygens (including phenoxy) is 1. The number of para-hydroxylation sites is 1. The SMILES string of the molecule is COc1ccc(CN)c(N(C)c2ccccc2)c1. The Labute approximate surface area is 108 Å². The van der Waals surface area contributed by atoms with Crippen LogP contribution in [-0.4, -0.2) is 14.2 Å². The van der Waals surface area contributed by atoms with Crippen molar-refractivity contribution in [2.24, 2.45) is 5.73 Å². The minimum Gasteiger partial charge on any atom is -0.497 e. The molecule has 2 aromatic carbocycles. The Balaban J connectivity index is 2.42. The predicted octanol–water partition coefficient (Wildman–Crippen LogP) is 2.92. The van der Waals surface area contributed by atoms with Gasteiger partial charge in [-0.3, -0.25) is 0 Å². The van der Waals surface area contributed by atoms with Gasteiger partial charge in [0.15, 0.2) is 0 Å². The van der Waals surface area contributed by atoms with Crippen molar-refractivity contribution in [1.29, 1.82) is 0 Å². The minimum atomic E-state index is 0.510. The largest absolute Gasteiger partial charge is 0.497 e. The van der Waals surface area contributed by atoms with Gasteiger partial charge in [-0.25, -0.2) is 0 Å². The molecule has 0 unspecified atom stereocenters. The fraction of sp³-hybridized carbons (Fsp3) is 0.200. The van der Waals surface area contributed by atoms with E-state index in [9.17, 15) is 0 Å². The van der Waals surface area contributed by atoms with Crippen molar-refractivity contribution in [2.45, 2.75) is 6.54 Å². The molecule has 0 bridgehead atoms. The van der Waals surface area contributed by atoms with E-state index >= 15 is 0 Å². The molecule has 2 aromatic rings. The van der Waals surface area contributed by atoms with Gasteiger partial charge in [-0.05, 0) is 23.8 Å². The summed E-state index contributed by atoms with van der Waals surface area (Å²) in [5.41, 5.74) is 9.09. The third kappa shape index (κ3) is 2.46. The van der Waals surface area contributed by atoms with E-state index in [-0.39, 0.29) is 0 Å². The zero-order chi connectivity index (χ0) is 13.0. The van der Waals surface area contributed by atoms with E-state index < -0.39 is 0 Å². The molecule has 0 aliphatic heterocycles. The molecule has 0 spiro atoms. The van der Waals surface area contributed by atoms with Gasteiger partial charge >= 0.3 is 0 Å². The number of hydrogen-bond donors (Lipinski definition) is 1. The van der Waals surface area contributed by atoms with Gasteiger partial charge in [-0.2, -0.15) is 0 Å². The second kappa shape index (κ2) is 5.56. The van der Waals surface area contributed by atoms with Crippen LogP contribution in [0.25, 0.3) is 0 Å². The normalized spacial score (nSPS) is 10.2. The van der Waals surface area contributed by atoms with Crippen molar-refractivity contribution in [3.05, 3.63) is 54.1 Å². The van der Waals surface area contributed by atoms with Gasteiger partial charge in [-0.15, -0.1) is 0 Å². The molecule has 0 atom stereocenters. The number of anilines is 2. The van der Waals surface area contributed by atoms with E-state index in [1.54, 1.807) is 7.11 Å². The monoisotopic (exact) mass is 242 g/mol. The van der Waals surface area contributed by atoms with Crippen LogP contribution in [0, 0.1) is 0 Å². The van der Waals surface area contributed by atoms with Gasteiger partial charge in [0.05, 0.1) is 7.11 Å².